The van der Waals surface area contributed by atoms with E-state index in [1.807, 2.05) is 6.92 Å². The standard InChI is InChI=1S/C11H17F5OS/c1-2-3-6-9(17)18-8-5-4-7-10(12,13)11(14,15)16/h2-8H2,1H3. The van der Waals surface area contributed by atoms with Crippen molar-refractivity contribution in [2.75, 3.05) is 5.75 Å². The fourth-order valence-corrected chi connectivity index (χ4v) is 2.03. The predicted molar refractivity (Wildman–Crippen MR) is 61.8 cm³/mol. The van der Waals surface area contributed by atoms with Gasteiger partial charge in [0, 0.05) is 18.6 Å². The molecule has 0 spiro atoms. The van der Waals surface area contributed by atoms with Gasteiger partial charge in [-0.3, -0.25) is 4.79 Å². The Balaban J connectivity index is 3.66. The Morgan fingerprint density at radius 2 is 1.67 bits per heavy atom. The zero-order valence-corrected chi connectivity index (χ0v) is 11.0. The second-order valence-corrected chi connectivity index (χ2v) is 5.14. The molecule has 0 N–H and O–H groups in total. The lowest BCUT2D eigenvalue weighted by molar-refractivity contribution is -0.284. The van der Waals surface area contributed by atoms with E-state index in [9.17, 15) is 26.7 Å². The first-order chi connectivity index (χ1) is 8.20. The van der Waals surface area contributed by atoms with E-state index in [4.69, 9.17) is 0 Å². The van der Waals surface area contributed by atoms with Crippen molar-refractivity contribution in [2.45, 2.75) is 57.5 Å². The summed E-state index contributed by atoms with van der Waals surface area (Å²) in [5.41, 5.74) is 0. The van der Waals surface area contributed by atoms with Gasteiger partial charge in [-0.2, -0.15) is 22.0 Å². The van der Waals surface area contributed by atoms with Crippen molar-refractivity contribution < 1.29 is 26.7 Å². The zero-order valence-electron chi connectivity index (χ0n) is 10.2. The lowest BCUT2D eigenvalue weighted by Crippen LogP contribution is -2.36. The normalized spacial score (nSPS) is 12.8. The second kappa shape index (κ2) is 7.96. The predicted octanol–water partition coefficient (Wildman–Crippen LogP) is 4.80. The summed E-state index contributed by atoms with van der Waals surface area (Å²) in [5.74, 6) is -4.32. The summed E-state index contributed by atoms with van der Waals surface area (Å²) in [5, 5.41) is -0.0283. The third-order valence-electron chi connectivity index (χ3n) is 2.30. The fraction of sp³-hybridized carbons (Fsp3) is 0.909. The highest BCUT2D eigenvalue weighted by Gasteiger charge is 2.56. The molecule has 0 fully saturated rings. The minimum absolute atomic E-state index is 0.0283. The SMILES string of the molecule is CCCCC(=O)SCCCCC(F)(F)C(F)(F)F. The summed E-state index contributed by atoms with van der Waals surface area (Å²) in [4.78, 5) is 11.2. The lowest BCUT2D eigenvalue weighted by Gasteiger charge is -2.19. The molecule has 0 saturated heterocycles. The number of carbonyl (C=O) groups excluding carboxylic acids is 1. The minimum atomic E-state index is -5.48. The monoisotopic (exact) mass is 292 g/mol. The molecule has 0 unspecified atom stereocenters. The average molecular weight is 292 g/mol. The number of hydrogen-bond donors (Lipinski definition) is 0. The molecule has 0 saturated carbocycles. The fourth-order valence-electron chi connectivity index (χ4n) is 1.17. The first-order valence-electron chi connectivity index (χ1n) is 5.81. The highest BCUT2D eigenvalue weighted by Crippen LogP contribution is 2.39. The van der Waals surface area contributed by atoms with E-state index >= 15 is 0 Å². The van der Waals surface area contributed by atoms with Crippen molar-refractivity contribution in [1.29, 1.82) is 0 Å². The minimum Gasteiger partial charge on any atom is -0.287 e. The molecular formula is C11H17F5OS. The average Bonchev–Trinajstić information content (AvgIpc) is 2.24. The Morgan fingerprint density at radius 1 is 1.06 bits per heavy atom. The summed E-state index contributed by atoms with van der Waals surface area (Å²) in [7, 11) is 0. The van der Waals surface area contributed by atoms with Gasteiger partial charge in [-0.25, -0.2) is 0 Å². The molecule has 0 aromatic heterocycles. The number of thioether (sulfide) groups is 1. The van der Waals surface area contributed by atoms with Gasteiger partial charge in [0.05, 0.1) is 0 Å². The molecule has 0 radical (unpaired) electrons. The van der Waals surface area contributed by atoms with Crippen LogP contribution in [0.1, 0.15) is 45.4 Å². The van der Waals surface area contributed by atoms with Crippen molar-refractivity contribution in [2.24, 2.45) is 0 Å². The molecule has 0 bridgehead atoms. The maximum absolute atomic E-state index is 12.5. The van der Waals surface area contributed by atoms with Gasteiger partial charge in [0.1, 0.15) is 0 Å². The highest BCUT2D eigenvalue weighted by molar-refractivity contribution is 8.13. The molecular weight excluding hydrogens is 275 g/mol. The van der Waals surface area contributed by atoms with E-state index in [-0.39, 0.29) is 18.0 Å². The molecule has 0 amide bonds. The van der Waals surface area contributed by atoms with Crippen LogP contribution in [0.25, 0.3) is 0 Å². The van der Waals surface area contributed by atoms with Gasteiger partial charge < -0.3 is 0 Å². The van der Waals surface area contributed by atoms with Crippen LogP contribution in [0, 0.1) is 0 Å². The first-order valence-corrected chi connectivity index (χ1v) is 6.79. The molecule has 0 aliphatic rings. The molecule has 0 heterocycles. The molecule has 0 aliphatic carbocycles. The Labute approximate surface area is 108 Å². The third kappa shape index (κ3) is 7.18. The topological polar surface area (TPSA) is 17.1 Å². The van der Waals surface area contributed by atoms with Crippen LogP contribution in [-0.2, 0) is 4.79 Å². The van der Waals surface area contributed by atoms with Crippen LogP contribution >= 0.6 is 11.8 Å². The Kier molecular flexibility index (Phi) is 7.82. The van der Waals surface area contributed by atoms with Gasteiger partial charge in [0.15, 0.2) is 5.12 Å². The van der Waals surface area contributed by atoms with E-state index in [0.29, 0.717) is 12.2 Å². The number of rotatable bonds is 8. The van der Waals surface area contributed by atoms with Crippen molar-refractivity contribution >= 4 is 16.9 Å². The van der Waals surface area contributed by atoms with Crippen LogP contribution in [0.2, 0.25) is 0 Å². The number of alkyl halides is 5. The molecule has 0 rings (SSSR count). The summed E-state index contributed by atoms with van der Waals surface area (Å²) in [6.45, 7) is 1.94. The van der Waals surface area contributed by atoms with Crippen molar-refractivity contribution in [3.05, 3.63) is 0 Å². The van der Waals surface area contributed by atoms with Gasteiger partial charge in [0.25, 0.3) is 0 Å². The Hall–Kier alpha value is -0.330. The molecule has 18 heavy (non-hydrogen) atoms. The number of hydrogen-bond acceptors (Lipinski definition) is 2. The van der Waals surface area contributed by atoms with Crippen molar-refractivity contribution in [3.8, 4) is 0 Å². The molecule has 0 aliphatic heterocycles. The van der Waals surface area contributed by atoms with Gasteiger partial charge in [-0.05, 0) is 19.3 Å². The van der Waals surface area contributed by atoms with Crippen LogP contribution in [0.15, 0.2) is 0 Å². The van der Waals surface area contributed by atoms with Crippen molar-refractivity contribution in [3.63, 3.8) is 0 Å². The largest absolute Gasteiger partial charge is 0.453 e. The number of unbranched alkanes of at least 4 members (excludes halogenated alkanes) is 2. The second-order valence-electron chi connectivity index (χ2n) is 3.98. The lowest BCUT2D eigenvalue weighted by atomic mass is 10.1. The third-order valence-corrected chi connectivity index (χ3v) is 3.32. The van der Waals surface area contributed by atoms with E-state index in [1.165, 1.54) is 0 Å². The Bertz CT molecular complexity index is 252. The molecule has 0 aromatic rings. The quantitative estimate of drug-likeness (QED) is 0.472. The van der Waals surface area contributed by atoms with Crippen molar-refractivity contribution in [1.82, 2.24) is 0 Å². The maximum Gasteiger partial charge on any atom is 0.453 e. The van der Waals surface area contributed by atoms with Gasteiger partial charge in [0.2, 0.25) is 0 Å². The van der Waals surface area contributed by atoms with Gasteiger partial charge >= 0.3 is 12.1 Å². The maximum atomic E-state index is 12.5. The van der Waals surface area contributed by atoms with Crippen LogP contribution in [-0.4, -0.2) is 23.0 Å². The van der Waals surface area contributed by atoms with Gasteiger partial charge in [-0.1, -0.05) is 25.1 Å². The van der Waals surface area contributed by atoms with E-state index in [2.05, 4.69) is 0 Å². The summed E-state index contributed by atoms with van der Waals surface area (Å²) >= 11 is 1.01. The van der Waals surface area contributed by atoms with Crippen LogP contribution in [0.3, 0.4) is 0 Å². The molecule has 0 aromatic carbocycles. The first kappa shape index (κ1) is 17.7. The van der Waals surface area contributed by atoms with Gasteiger partial charge in [-0.15, -0.1) is 0 Å². The molecule has 0 atom stereocenters. The van der Waals surface area contributed by atoms with Crippen LogP contribution in [0.5, 0.6) is 0 Å². The number of carbonyl (C=O) groups is 1. The highest BCUT2D eigenvalue weighted by atomic mass is 32.2. The summed E-state index contributed by atoms with van der Waals surface area (Å²) in [6, 6.07) is 0. The smallest absolute Gasteiger partial charge is 0.287 e. The molecule has 1 nitrogen and oxygen atoms in total. The van der Waals surface area contributed by atoms with Crippen LogP contribution < -0.4 is 0 Å². The Morgan fingerprint density at radius 3 is 2.17 bits per heavy atom. The van der Waals surface area contributed by atoms with Crippen LogP contribution in [0.4, 0.5) is 22.0 Å². The zero-order chi connectivity index (χ0) is 14.2. The molecule has 7 heteroatoms. The van der Waals surface area contributed by atoms with E-state index in [1.54, 1.807) is 0 Å². The van der Waals surface area contributed by atoms with E-state index in [0.717, 1.165) is 24.6 Å². The number of halogens is 5. The van der Waals surface area contributed by atoms with E-state index < -0.39 is 18.5 Å². The summed E-state index contributed by atoms with van der Waals surface area (Å²) < 4.78 is 60.4. The summed E-state index contributed by atoms with van der Waals surface area (Å²) in [6.07, 6.45) is -4.63. The molecule has 108 valence electrons.